The van der Waals surface area contributed by atoms with Gasteiger partial charge in [-0.25, -0.2) is 15.6 Å². The van der Waals surface area contributed by atoms with E-state index in [1.54, 1.807) is 5.43 Å². The molecule has 0 bridgehead atoms. The van der Waals surface area contributed by atoms with Crippen LogP contribution in [0.3, 0.4) is 0 Å². The van der Waals surface area contributed by atoms with E-state index in [0.29, 0.717) is 0 Å². The largest absolute Gasteiger partial charge is 0.476 e. The van der Waals surface area contributed by atoms with Crippen LogP contribution in [0.2, 0.25) is 0 Å². The highest BCUT2D eigenvalue weighted by molar-refractivity contribution is 7.13. The van der Waals surface area contributed by atoms with Crippen LogP contribution in [0.15, 0.2) is 10.5 Å². The van der Waals surface area contributed by atoms with Crippen molar-refractivity contribution in [3.05, 3.63) is 11.1 Å². The number of hydrazine groups is 1. The second kappa shape index (κ2) is 5.77. The Morgan fingerprint density at radius 1 is 1.65 bits per heavy atom. The summed E-state index contributed by atoms with van der Waals surface area (Å²) in [6.45, 7) is -0.493. The number of oxime groups is 1. The molecule has 0 aliphatic heterocycles. The van der Waals surface area contributed by atoms with Gasteiger partial charge in [-0.2, -0.15) is 0 Å². The number of carboxylic acid groups (broad SMARTS) is 1. The Hall–Kier alpha value is -2.20. The van der Waals surface area contributed by atoms with E-state index in [-0.39, 0.29) is 10.8 Å². The van der Waals surface area contributed by atoms with Gasteiger partial charge < -0.3 is 15.7 Å². The molecule has 92 valence electrons. The minimum Gasteiger partial charge on any atom is -0.476 e. The van der Waals surface area contributed by atoms with Crippen LogP contribution in [-0.2, 0) is 14.4 Å². The molecule has 0 atom stereocenters. The van der Waals surface area contributed by atoms with Crippen molar-refractivity contribution in [2.75, 3.05) is 12.3 Å². The monoisotopic (exact) mass is 259 g/mol. The molecule has 1 aromatic heterocycles. The van der Waals surface area contributed by atoms with Gasteiger partial charge in [0.1, 0.15) is 5.69 Å². The van der Waals surface area contributed by atoms with Crippen LogP contribution in [-0.4, -0.2) is 34.3 Å². The molecular weight excluding hydrogens is 250 g/mol. The normalized spacial score (nSPS) is 11.0. The van der Waals surface area contributed by atoms with Crippen molar-refractivity contribution in [2.45, 2.75) is 0 Å². The number of nitrogens with one attached hydrogen (secondary N) is 1. The first-order valence-electron chi connectivity index (χ1n) is 4.18. The van der Waals surface area contributed by atoms with Gasteiger partial charge in [0, 0.05) is 5.38 Å². The maximum atomic E-state index is 10.8. The number of nitrogens with two attached hydrogens (primary N) is 2. The van der Waals surface area contributed by atoms with Crippen molar-refractivity contribution in [1.29, 1.82) is 0 Å². The molecule has 0 unspecified atom stereocenters. The quantitative estimate of drug-likeness (QED) is 0.217. The predicted molar refractivity (Wildman–Crippen MR) is 59.0 cm³/mol. The molecular formula is C7H9N5O4S. The number of rotatable bonds is 5. The lowest BCUT2D eigenvalue weighted by Gasteiger charge is -1.99. The van der Waals surface area contributed by atoms with E-state index >= 15 is 0 Å². The highest BCUT2D eigenvalue weighted by Crippen LogP contribution is 2.12. The zero-order valence-electron chi connectivity index (χ0n) is 8.41. The lowest BCUT2D eigenvalue weighted by molar-refractivity contribution is -0.130. The Kier molecular flexibility index (Phi) is 4.37. The van der Waals surface area contributed by atoms with Crippen LogP contribution in [0.5, 0.6) is 0 Å². The molecule has 1 aromatic rings. The Labute approximate surface area is 99.0 Å². The van der Waals surface area contributed by atoms with Gasteiger partial charge in [-0.05, 0) is 0 Å². The van der Waals surface area contributed by atoms with Crippen molar-refractivity contribution >= 4 is 34.1 Å². The van der Waals surface area contributed by atoms with Gasteiger partial charge in [-0.3, -0.25) is 10.2 Å². The first kappa shape index (κ1) is 12.9. The van der Waals surface area contributed by atoms with Crippen molar-refractivity contribution in [1.82, 2.24) is 10.4 Å². The van der Waals surface area contributed by atoms with Crippen LogP contribution in [0.25, 0.3) is 0 Å². The zero-order valence-corrected chi connectivity index (χ0v) is 9.23. The Balaban J connectivity index is 2.76. The van der Waals surface area contributed by atoms with Crippen LogP contribution < -0.4 is 17.0 Å². The first-order valence-corrected chi connectivity index (χ1v) is 5.06. The second-order valence-electron chi connectivity index (χ2n) is 2.66. The molecule has 6 N–H and O–H groups in total. The minimum absolute atomic E-state index is 0.0631. The number of nitrogen functional groups attached to an aromatic ring is 1. The molecule has 1 amide bonds. The Morgan fingerprint density at radius 2 is 2.35 bits per heavy atom. The van der Waals surface area contributed by atoms with Gasteiger partial charge in [0.25, 0.3) is 5.91 Å². The van der Waals surface area contributed by atoms with Crippen LogP contribution in [0, 0.1) is 0 Å². The molecule has 0 fully saturated rings. The SMILES string of the molecule is NNC(=O)CO/N=C(/C(=O)O)c1csc(N)n1. The van der Waals surface area contributed by atoms with Crippen LogP contribution >= 0.6 is 11.3 Å². The maximum Gasteiger partial charge on any atom is 0.360 e. The van der Waals surface area contributed by atoms with Crippen molar-refractivity contribution in [2.24, 2.45) is 11.0 Å². The summed E-state index contributed by atoms with van der Waals surface area (Å²) in [5.74, 6) is 2.81. The van der Waals surface area contributed by atoms with E-state index in [9.17, 15) is 9.59 Å². The number of thiazole rings is 1. The number of nitrogens with zero attached hydrogens (tertiary/aromatic N) is 2. The van der Waals surface area contributed by atoms with Crippen LogP contribution in [0.1, 0.15) is 5.69 Å². The number of carbonyl (C=O) groups is 2. The molecule has 0 saturated carbocycles. The van der Waals surface area contributed by atoms with Crippen molar-refractivity contribution in [3.8, 4) is 0 Å². The third-order valence-corrected chi connectivity index (χ3v) is 2.15. The van der Waals surface area contributed by atoms with Gasteiger partial charge in [0.2, 0.25) is 5.71 Å². The summed E-state index contributed by atoms with van der Waals surface area (Å²) in [5.41, 5.74) is 6.77. The molecule has 0 aliphatic carbocycles. The molecule has 9 nitrogen and oxygen atoms in total. The summed E-state index contributed by atoms with van der Waals surface area (Å²) < 4.78 is 0. The lowest BCUT2D eigenvalue weighted by Crippen LogP contribution is -2.33. The standard InChI is InChI=1S/C7H9N5O4S/c8-7-10-3(2-17-7)5(6(14)15)12-16-1-4(13)11-9/h2H,1,9H2,(H2,8,10)(H,11,13)(H,14,15)/b12-5+. The summed E-state index contributed by atoms with van der Waals surface area (Å²) in [6, 6.07) is 0. The number of hydrogen-bond donors (Lipinski definition) is 4. The lowest BCUT2D eigenvalue weighted by atomic mass is 10.3. The average Bonchev–Trinajstić information content (AvgIpc) is 2.70. The number of hydrogen-bond acceptors (Lipinski definition) is 8. The Morgan fingerprint density at radius 3 is 2.82 bits per heavy atom. The molecule has 0 aromatic carbocycles. The average molecular weight is 259 g/mol. The van der Waals surface area contributed by atoms with E-state index in [1.165, 1.54) is 5.38 Å². The number of amides is 1. The molecule has 1 rings (SSSR count). The Bertz CT molecular complexity index is 457. The third kappa shape index (κ3) is 3.70. The van der Waals surface area contributed by atoms with E-state index in [1.807, 2.05) is 0 Å². The predicted octanol–water partition coefficient (Wildman–Crippen LogP) is -1.48. The minimum atomic E-state index is -1.34. The molecule has 0 saturated heterocycles. The fourth-order valence-electron chi connectivity index (χ4n) is 0.789. The molecule has 17 heavy (non-hydrogen) atoms. The first-order chi connectivity index (χ1) is 8.04. The highest BCUT2D eigenvalue weighted by Gasteiger charge is 2.17. The summed E-state index contributed by atoms with van der Waals surface area (Å²) in [6.07, 6.45) is 0. The topological polar surface area (TPSA) is 153 Å². The van der Waals surface area contributed by atoms with Crippen LogP contribution in [0.4, 0.5) is 5.13 Å². The number of aliphatic carboxylic acids is 1. The fourth-order valence-corrected chi connectivity index (χ4v) is 1.34. The fraction of sp³-hybridized carbons (Fsp3) is 0.143. The number of carboxylic acids is 1. The van der Waals surface area contributed by atoms with E-state index in [0.717, 1.165) is 11.3 Å². The van der Waals surface area contributed by atoms with E-state index in [4.69, 9.17) is 16.7 Å². The highest BCUT2D eigenvalue weighted by atomic mass is 32.1. The molecule has 0 aliphatic rings. The molecule has 1 heterocycles. The summed E-state index contributed by atoms with van der Waals surface area (Å²) in [7, 11) is 0. The van der Waals surface area contributed by atoms with Crippen molar-refractivity contribution < 1.29 is 19.5 Å². The zero-order chi connectivity index (χ0) is 12.8. The van der Waals surface area contributed by atoms with E-state index in [2.05, 4.69) is 15.0 Å². The molecule has 0 radical (unpaired) electrons. The van der Waals surface area contributed by atoms with E-state index < -0.39 is 24.2 Å². The number of aromatic nitrogens is 1. The summed E-state index contributed by atoms with van der Waals surface area (Å²) in [4.78, 5) is 29.8. The smallest absolute Gasteiger partial charge is 0.360 e. The molecule has 10 heteroatoms. The summed E-state index contributed by atoms with van der Waals surface area (Å²) >= 11 is 1.06. The van der Waals surface area contributed by atoms with Gasteiger partial charge in [-0.15, -0.1) is 11.3 Å². The van der Waals surface area contributed by atoms with Gasteiger partial charge >= 0.3 is 5.97 Å². The second-order valence-corrected chi connectivity index (χ2v) is 3.55. The summed E-state index contributed by atoms with van der Waals surface area (Å²) in [5, 5.41) is 13.7. The van der Waals surface area contributed by atoms with Gasteiger partial charge in [0.15, 0.2) is 11.7 Å². The van der Waals surface area contributed by atoms with Gasteiger partial charge in [-0.1, -0.05) is 5.16 Å². The van der Waals surface area contributed by atoms with Gasteiger partial charge in [0.05, 0.1) is 0 Å². The number of carbonyl (C=O) groups excluding carboxylic acids is 1. The van der Waals surface area contributed by atoms with Crippen molar-refractivity contribution in [3.63, 3.8) is 0 Å². The maximum absolute atomic E-state index is 10.8. The molecule has 0 spiro atoms. The number of anilines is 1. The third-order valence-electron chi connectivity index (χ3n) is 1.48.